The largest absolute Gasteiger partial charge is 0.289 e. The van der Waals surface area contributed by atoms with Crippen LogP contribution in [0.4, 0.5) is 11.4 Å². The molecule has 0 bridgehead atoms. The van der Waals surface area contributed by atoms with Crippen molar-refractivity contribution in [1.82, 2.24) is 0 Å². The van der Waals surface area contributed by atoms with Gasteiger partial charge in [-0.3, -0.25) is 25.0 Å². The van der Waals surface area contributed by atoms with Gasteiger partial charge in [-0.15, -0.1) is 0 Å². The molecule has 0 N–H and O–H groups in total. The van der Waals surface area contributed by atoms with E-state index < -0.39 is 15.6 Å². The molecule has 0 saturated carbocycles. The van der Waals surface area contributed by atoms with Crippen molar-refractivity contribution >= 4 is 34.8 Å². The number of ketones is 1. The van der Waals surface area contributed by atoms with Crippen LogP contribution in [0, 0.1) is 20.2 Å². The van der Waals surface area contributed by atoms with Crippen LogP contribution in [0.5, 0.6) is 0 Å². The molecule has 8 heteroatoms. The number of carbonyl (C=O) groups is 1. The molecule has 0 fully saturated rings. The lowest BCUT2D eigenvalue weighted by Crippen LogP contribution is -1.98. The molecule has 0 aromatic heterocycles. The van der Waals surface area contributed by atoms with E-state index in [9.17, 15) is 25.0 Å². The Bertz CT molecular complexity index is 922. The molecule has 0 aliphatic carbocycles. The molecular weight excluding hydrogens is 360 g/mol. The number of allylic oxidation sites excluding steroid dienone is 1. The average molecular weight is 375 g/mol. The second kappa shape index (κ2) is 7.88. The molecule has 0 radical (unpaired) electrons. The summed E-state index contributed by atoms with van der Waals surface area (Å²) in [6.45, 7) is 3.71. The van der Waals surface area contributed by atoms with Gasteiger partial charge in [0, 0.05) is 23.3 Å². The van der Waals surface area contributed by atoms with E-state index in [0.29, 0.717) is 11.1 Å². The number of hydrogen-bond donors (Lipinski definition) is 0. The van der Waals surface area contributed by atoms with Crippen LogP contribution in [0.2, 0.25) is 5.02 Å². The molecule has 2 aromatic rings. The molecule has 134 valence electrons. The molecule has 2 aromatic carbocycles. The van der Waals surface area contributed by atoms with Crippen LogP contribution in [0.25, 0.3) is 6.08 Å². The number of benzene rings is 2. The van der Waals surface area contributed by atoms with Gasteiger partial charge in [0.2, 0.25) is 0 Å². The van der Waals surface area contributed by atoms with Crippen molar-refractivity contribution in [3.63, 3.8) is 0 Å². The lowest BCUT2D eigenvalue weighted by atomic mass is 9.99. The smallest absolute Gasteiger partial charge is 0.288 e. The normalized spacial score (nSPS) is 11.1. The van der Waals surface area contributed by atoms with Gasteiger partial charge < -0.3 is 0 Å². The summed E-state index contributed by atoms with van der Waals surface area (Å²) in [5, 5.41) is 22.0. The van der Waals surface area contributed by atoms with E-state index in [1.54, 1.807) is 12.1 Å². The lowest BCUT2D eigenvalue weighted by molar-refractivity contribution is -0.385. The predicted octanol–water partition coefficient (Wildman–Crippen LogP) is 5.18. The molecule has 0 atom stereocenters. The summed E-state index contributed by atoms with van der Waals surface area (Å²) in [5.74, 6) is -0.481. The van der Waals surface area contributed by atoms with Gasteiger partial charge in [-0.05, 0) is 29.7 Å². The first-order chi connectivity index (χ1) is 12.2. The van der Waals surface area contributed by atoms with Gasteiger partial charge in [0.1, 0.15) is 5.02 Å². The Balaban J connectivity index is 2.31. The summed E-state index contributed by atoms with van der Waals surface area (Å²) in [6.07, 6.45) is 2.64. The van der Waals surface area contributed by atoms with E-state index in [-0.39, 0.29) is 27.9 Å². The molecule has 0 unspecified atom stereocenters. The fourth-order valence-corrected chi connectivity index (χ4v) is 2.57. The minimum atomic E-state index is -0.670. The van der Waals surface area contributed by atoms with Crippen LogP contribution >= 0.6 is 11.6 Å². The first-order valence-corrected chi connectivity index (χ1v) is 8.03. The van der Waals surface area contributed by atoms with Crippen molar-refractivity contribution in [2.45, 2.75) is 19.8 Å². The van der Waals surface area contributed by atoms with E-state index in [1.807, 2.05) is 13.8 Å². The third-order valence-corrected chi connectivity index (χ3v) is 4.05. The Hall–Kier alpha value is -3.06. The van der Waals surface area contributed by atoms with Crippen LogP contribution in [0.3, 0.4) is 0 Å². The number of rotatable bonds is 6. The Kier molecular flexibility index (Phi) is 5.84. The van der Waals surface area contributed by atoms with Gasteiger partial charge in [-0.25, -0.2) is 0 Å². The number of halogens is 1. The van der Waals surface area contributed by atoms with E-state index in [4.69, 9.17) is 11.6 Å². The molecule has 0 spiro atoms. The maximum absolute atomic E-state index is 12.2. The molecular formula is C18H15ClN2O5. The number of nitrogens with zero attached hydrogens (tertiary/aromatic N) is 2. The van der Waals surface area contributed by atoms with Gasteiger partial charge in [-0.2, -0.15) is 0 Å². The van der Waals surface area contributed by atoms with E-state index in [0.717, 1.165) is 6.07 Å². The monoisotopic (exact) mass is 374 g/mol. The highest BCUT2D eigenvalue weighted by molar-refractivity contribution is 6.32. The van der Waals surface area contributed by atoms with Crippen LogP contribution in [-0.2, 0) is 0 Å². The highest BCUT2D eigenvalue weighted by Crippen LogP contribution is 2.28. The molecule has 2 rings (SSSR count). The molecule has 0 amide bonds. The number of nitro groups is 2. The quantitative estimate of drug-likeness (QED) is 0.300. The first kappa shape index (κ1) is 19.3. The lowest BCUT2D eigenvalue weighted by Gasteiger charge is -2.06. The predicted molar refractivity (Wildman–Crippen MR) is 98.7 cm³/mol. The minimum absolute atomic E-state index is 0.00956. The second-order valence-electron chi connectivity index (χ2n) is 5.85. The van der Waals surface area contributed by atoms with Gasteiger partial charge >= 0.3 is 0 Å². The van der Waals surface area contributed by atoms with Gasteiger partial charge in [0.15, 0.2) is 5.78 Å². The van der Waals surface area contributed by atoms with Crippen LogP contribution in [-0.4, -0.2) is 15.6 Å². The fourth-order valence-electron chi connectivity index (χ4n) is 2.38. The van der Waals surface area contributed by atoms with Gasteiger partial charge in [0.05, 0.1) is 9.85 Å². The molecule has 0 aliphatic heterocycles. The maximum Gasteiger partial charge on any atom is 0.288 e. The van der Waals surface area contributed by atoms with Crippen molar-refractivity contribution in [3.8, 4) is 0 Å². The summed E-state index contributed by atoms with van der Waals surface area (Å²) < 4.78 is 0. The first-order valence-electron chi connectivity index (χ1n) is 7.65. The van der Waals surface area contributed by atoms with E-state index >= 15 is 0 Å². The van der Waals surface area contributed by atoms with Crippen LogP contribution in [0.15, 0.2) is 42.5 Å². The summed E-state index contributed by atoms with van der Waals surface area (Å²) in [4.78, 5) is 33.2. The highest BCUT2D eigenvalue weighted by atomic mass is 35.5. The summed E-state index contributed by atoms with van der Waals surface area (Å²) >= 11 is 5.72. The fraction of sp³-hybridized carbons (Fsp3) is 0.167. The van der Waals surface area contributed by atoms with Crippen LogP contribution < -0.4 is 0 Å². The van der Waals surface area contributed by atoms with Gasteiger partial charge in [0.25, 0.3) is 11.4 Å². The zero-order chi connectivity index (χ0) is 19.4. The molecule has 0 aliphatic rings. The van der Waals surface area contributed by atoms with E-state index in [2.05, 4.69) is 0 Å². The van der Waals surface area contributed by atoms with Gasteiger partial charge in [-0.1, -0.05) is 43.7 Å². The maximum atomic E-state index is 12.2. The summed E-state index contributed by atoms with van der Waals surface area (Å²) in [5.41, 5.74) is 0.815. The standard InChI is InChI=1S/C18H15ClN2O5/c1-11(2)14-6-3-12(9-16(14)20(23)24)4-8-18(22)13-5-7-15(19)17(10-13)21(25)26/h3-11H,1-2H3/b8-4+. The Morgan fingerprint density at radius 1 is 1.04 bits per heavy atom. The minimum Gasteiger partial charge on any atom is -0.289 e. The molecule has 26 heavy (non-hydrogen) atoms. The van der Waals surface area contributed by atoms with Crippen LogP contribution in [0.1, 0.15) is 41.3 Å². The van der Waals surface area contributed by atoms with Crippen molar-refractivity contribution in [1.29, 1.82) is 0 Å². The Morgan fingerprint density at radius 2 is 1.69 bits per heavy atom. The molecule has 0 saturated heterocycles. The summed E-state index contributed by atoms with van der Waals surface area (Å²) in [7, 11) is 0. The molecule has 0 heterocycles. The van der Waals surface area contributed by atoms with Crippen molar-refractivity contribution in [2.24, 2.45) is 0 Å². The third kappa shape index (κ3) is 4.31. The van der Waals surface area contributed by atoms with Crippen molar-refractivity contribution in [3.05, 3.63) is 84.4 Å². The SMILES string of the molecule is CC(C)c1ccc(/C=C/C(=O)c2ccc(Cl)c([N+](=O)[O-])c2)cc1[N+](=O)[O-]. The topological polar surface area (TPSA) is 103 Å². The Labute approximate surface area is 154 Å². The number of nitro benzene ring substituents is 2. The van der Waals surface area contributed by atoms with Crippen molar-refractivity contribution < 1.29 is 14.6 Å². The second-order valence-corrected chi connectivity index (χ2v) is 6.26. The number of carbonyl (C=O) groups excluding carboxylic acids is 1. The third-order valence-electron chi connectivity index (χ3n) is 3.73. The molecule has 7 nitrogen and oxygen atoms in total. The average Bonchev–Trinajstić information content (AvgIpc) is 2.59. The van der Waals surface area contributed by atoms with Crippen molar-refractivity contribution in [2.75, 3.05) is 0 Å². The zero-order valence-corrected chi connectivity index (χ0v) is 14.8. The number of hydrogen-bond acceptors (Lipinski definition) is 5. The van der Waals surface area contributed by atoms with E-state index in [1.165, 1.54) is 30.4 Å². The summed E-state index contributed by atoms with van der Waals surface area (Å²) in [6, 6.07) is 8.48. The zero-order valence-electron chi connectivity index (χ0n) is 14.0. The Morgan fingerprint density at radius 3 is 2.27 bits per heavy atom. The highest BCUT2D eigenvalue weighted by Gasteiger charge is 2.17.